The molecule has 0 aliphatic rings. The van der Waals surface area contributed by atoms with Gasteiger partial charge in [0.05, 0.1) is 11.0 Å². The summed E-state index contributed by atoms with van der Waals surface area (Å²) in [6.45, 7) is 0. The number of rotatable bonds is 1. The molecule has 0 aliphatic heterocycles. The van der Waals surface area contributed by atoms with Gasteiger partial charge in [-0.15, -0.1) is 11.3 Å². The lowest BCUT2D eigenvalue weighted by molar-refractivity contribution is 0.671. The van der Waals surface area contributed by atoms with E-state index < -0.39 is 0 Å². The molecule has 9 rings (SSSR count). The third-order valence-electron chi connectivity index (χ3n) is 7.77. The Hall–Kier alpha value is -4.60. The smallest absolute Gasteiger partial charge is 0.160 e. The number of fused-ring (bicyclic) bond motifs is 13. The quantitative estimate of drug-likeness (QED) is 0.224. The third-order valence-corrected chi connectivity index (χ3v) is 8.91. The number of aromatic nitrogens is 1. The van der Waals surface area contributed by atoms with Crippen molar-refractivity contribution in [2.45, 2.75) is 0 Å². The molecule has 0 saturated heterocycles. The van der Waals surface area contributed by atoms with Crippen LogP contribution in [0, 0.1) is 0 Å². The van der Waals surface area contributed by atoms with Gasteiger partial charge >= 0.3 is 0 Å². The zero-order chi connectivity index (χ0) is 24.1. The van der Waals surface area contributed by atoms with E-state index in [0.717, 1.165) is 27.8 Å². The highest BCUT2D eigenvalue weighted by Gasteiger charge is 2.22. The van der Waals surface area contributed by atoms with Crippen molar-refractivity contribution in [1.82, 2.24) is 4.57 Å². The maximum absolute atomic E-state index is 6.68. The van der Waals surface area contributed by atoms with Crippen LogP contribution in [0.25, 0.3) is 80.4 Å². The largest absolute Gasteiger partial charge is 0.454 e. The summed E-state index contributed by atoms with van der Waals surface area (Å²) < 4.78 is 11.7. The van der Waals surface area contributed by atoms with E-state index in [1.807, 2.05) is 11.3 Å². The Morgan fingerprint density at radius 1 is 0.514 bits per heavy atom. The number of furan rings is 1. The van der Waals surface area contributed by atoms with E-state index in [1.165, 1.54) is 52.6 Å². The Morgan fingerprint density at radius 3 is 2.03 bits per heavy atom. The first kappa shape index (κ1) is 19.6. The Balaban J connectivity index is 1.54. The van der Waals surface area contributed by atoms with Crippen LogP contribution in [0.1, 0.15) is 0 Å². The maximum Gasteiger partial charge on any atom is 0.160 e. The van der Waals surface area contributed by atoms with Gasteiger partial charge in [-0.2, -0.15) is 0 Å². The van der Waals surface area contributed by atoms with Crippen molar-refractivity contribution < 1.29 is 4.42 Å². The van der Waals surface area contributed by atoms with Crippen LogP contribution in [0.15, 0.2) is 120 Å². The van der Waals surface area contributed by atoms with E-state index >= 15 is 0 Å². The fourth-order valence-corrected chi connectivity index (χ4v) is 7.39. The van der Waals surface area contributed by atoms with Crippen molar-refractivity contribution in [2.24, 2.45) is 0 Å². The van der Waals surface area contributed by atoms with Crippen molar-refractivity contribution in [1.29, 1.82) is 0 Å². The summed E-state index contributed by atoms with van der Waals surface area (Å²) in [5.74, 6) is 0. The van der Waals surface area contributed by atoms with Crippen LogP contribution < -0.4 is 0 Å². The molecule has 2 nitrogen and oxygen atoms in total. The van der Waals surface area contributed by atoms with E-state index in [9.17, 15) is 0 Å². The summed E-state index contributed by atoms with van der Waals surface area (Å²) in [6, 6.07) is 41.5. The number of para-hydroxylation sites is 2. The minimum atomic E-state index is 0.923. The fraction of sp³-hybridized carbons (Fsp3) is 0. The van der Waals surface area contributed by atoms with Crippen molar-refractivity contribution in [3.8, 4) is 5.69 Å². The molecule has 0 atom stereocenters. The summed E-state index contributed by atoms with van der Waals surface area (Å²) in [4.78, 5) is 0. The molecule has 0 radical (unpaired) electrons. The Morgan fingerprint density at radius 2 is 1.16 bits per heavy atom. The highest BCUT2D eigenvalue weighted by Crippen LogP contribution is 2.46. The third kappa shape index (κ3) is 2.49. The molecule has 3 heterocycles. The highest BCUT2D eigenvalue weighted by atomic mass is 32.1. The maximum atomic E-state index is 6.68. The molecule has 0 N–H and O–H groups in total. The molecule has 0 bridgehead atoms. The molecule has 6 aromatic carbocycles. The number of thiophene rings is 1. The van der Waals surface area contributed by atoms with E-state index in [1.54, 1.807) is 0 Å². The average Bonchev–Trinajstić information content (AvgIpc) is 3.62. The zero-order valence-electron chi connectivity index (χ0n) is 19.7. The van der Waals surface area contributed by atoms with Gasteiger partial charge in [0.25, 0.3) is 0 Å². The Labute approximate surface area is 215 Å². The van der Waals surface area contributed by atoms with E-state index in [-0.39, 0.29) is 0 Å². The highest BCUT2D eigenvalue weighted by molar-refractivity contribution is 7.25. The number of hydrogen-bond acceptors (Lipinski definition) is 2. The minimum Gasteiger partial charge on any atom is -0.454 e. The molecule has 0 spiro atoms. The van der Waals surface area contributed by atoms with E-state index in [4.69, 9.17) is 4.42 Å². The second-order valence-electron chi connectivity index (χ2n) is 9.70. The molecule has 37 heavy (non-hydrogen) atoms. The van der Waals surface area contributed by atoms with Crippen LogP contribution in [0.3, 0.4) is 0 Å². The molecular weight excluding hydrogens is 470 g/mol. The zero-order valence-corrected chi connectivity index (χ0v) is 20.5. The SMILES string of the molecule is c1ccc2c(c1)oc1c2c2ccccc2c2c3ccccc3n(-c3ccc4c(c3)sc3ccccc34)c12. The average molecular weight is 490 g/mol. The first-order valence-corrected chi connectivity index (χ1v) is 13.4. The van der Waals surface area contributed by atoms with Crippen LogP contribution >= 0.6 is 11.3 Å². The Kier molecular flexibility index (Phi) is 3.70. The van der Waals surface area contributed by atoms with Gasteiger partial charge in [-0.25, -0.2) is 0 Å². The van der Waals surface area contributed by atoms with Gasteiger partial charge in [-0.3, -0.25) is 0 Å². The predicted molar refractivity (Wildman–Crippen MR) is 158 cm³/mol. The number of hydrogen-bond donors (Lipinski definition) is 0. The first-order valence-electron chi connectivity index (χ1n) is 12.5. The molecule has 0 aliphatic carbocycles. The van der Waals surface area contributed by atoms with Gasteiger partial charge in [0.2, 0.25) is 0 Å². The topological polar surface area (TPSA) is 18.1 Å². The molecule has 3 heteroatoms. The number of nitrogens with zero attached hydrogens (tertiary/aromatic N) is 1. The van der Waals surface area contributed by atoms with Gasteiger partial charge in [0, 0.05) is 47.4 Å². The summed E-state index contributed by atoms with van der Waals surface area (Å²) in [5, 5.41) is 9.96. The molecule has 172 valence electrons. The lowest BCUT2D eigenvalue weighted by atomic mass is 9.99. The molecule has 0 saturated carbocycles. The van der Waals surface area contributed by atoms with E-state index in [2.05, 4.69) is 120 Å². The van der Waals surface area contributed by atoms with E-state index in [0.29, 0.717) is 0 Å². The van der Waals surface area contributed by atoms with Crippen molar-refractivity contribution in [3.05, 3.63) is 115 Å². The number of benzene rings is 6. The fourth-order valence-electron chi connectivity index (χ4n) is 6.25. The monoisotopic (exact) mass is 489 g/mol. The van der Waals surface area contributed by atoms with Crippen molar-refractivity contribution in [3.63, 3.8) is 0 Å². The van der Waals surface area contributed by atoms with Gasteiger partial charge < -0.3 is 8.98 Å². The molecule has 0 fully saturated rings. The summed E-state index contributed by atoms with van der Waals surface area (Å²) in [7, 11) is 0. The lowest BCUT2D eigenvalue weighted by Crippen LogP contribution is -1.94. The minimum absolute atomic E-state index is 0.923. The van der Waals surface area contributed by atoms with Crippen LogP contribution in [-0.4, -0.2) is 4.57 Å². The van der Waals surface area contributed by atoms with Crippen molar-refractivity contribution in [2.75, 3.05) is 0 Å². The normalized spacial score (nSPS) is 12.3. The standard InChI is InChI=1S/C34H19NOS/c1-2-11-24-23(10-1)31-25-12-3-6-14-27(25)35(33(31)34-32(24)26-13-4-7-15-28(26)36-34)20-17-18-22-21-9-5-8-16-29(21)37-30(22)19-20/h1-19H. The second kappa shape index (κ2) is 7.00. The summed E-state index contributed by atoms with van der Waals surface area (Å²) >= 11 is 1.86. The molecule has 9 aromatic rings. The first-order chi connectivity index (χ1) is 18.4. The molecule has 0 unspecified atom stereocenters. The van der Waals surface area contributed by atoms with Gasteiger partial charge in [-0.1, -0.05) is 84.9 Å². The summed E-state index contributed by atoms with van der Waals surface area (Å²) in [5.41, 5.74) is 5.35. The second-order valence-corrected chi connectivity index (χ2v) is 10.8. The molecule has 3 aromatic heterocycles. The van der Waals surface area contributed by atoms with Crippen LogP contribution in [0.5, 0.6) is 0 Å². The van der Waals surface area contributed by atoms with Crippen LogP contribution in [-0.2, 0) is 0 Å². The Bertz CT molecular complexity index is 2370. The van der Waals surface area contributed by atoms with Crippen LogP contribution in [0.4, 0.5) is 0 Å². The van der Waals surface area contributed by atoms with Gasteiger partial charge in [0.15, 0.2) is 5.58 Å². The molecule has 0 amide bonds. The molecular formula is C34H19NOS. The van der Waals surface area contributed by atoms with Gasteiger partial charge in [-0.05, 0) is 41.1 Å². The lowest BCUT2D eigenvalue weighted by Gasteiger charge is -2.10. The van der Waals surface area contributed by atoms with Crippen molar-refractivity contribution >= 4 is 86.0 Å². The van der Waals surface area contributed by atoms with Crippen LogP contribution in [0.2, 0.25) is 0 Å². The van der Waals surface area contributed by atoms with Gasteiger partial charge in [0.1, 0.15) is 5.58 Å². The predicted octanol–water partition coefficient (Wildman–Crippen LogP) is 10.2. The summed E-state index contributed by atoms with van der Waals surface area (Å²) in [6.07, 6.45) is 0.